The average Bonchev–Trinajstić information content (AvgIpc) is 3.32. The molecule has 0 bridgehead atoms. The second-order valence-electron chi connectivity index (χ2n) is 8.52. The summed E-state index contributed by atoms with van der Waals surface area (Å²) < 4.78 is 59.6. The van der Waals surface area contributed by atoms with Crippen LogP contribution in [0.4, 0.5) is 14.9 Å². The van der Waals surface area contributed by atoms with E-state index in [1.807, 2.05) is 13.8 Å². The summed E-state index contributed by atoms with van der Waals surface area (Å²) >= 11 is 0. The number of anilines is 1. The van der Waals surface area contributed by atoms with E-state index in [9.17, 15) is 22.7 Å². The van der Waals surface area contributed by atoms with E-state index < -0.39 is 22.0 Å². The number of carboxylic acid groups (broad SMARTS) is 1. The van der Waals surface area contributed by atoms with E-state index in [0.717, 1.165) is 31.6 Å². The monoisotopic (exact) mass is 520 g/mol. The van der Waals surface area contributed by atoms with Crippen molar-refractivity contribution in [2.24, 2.45) is 0 Å². The Labute approximate surface area is 209 Å². The lowest BCUT2D eigenvalue weighted by atomic mass is 9.89. The molecule has 0 radical (unpaired) electrons. The molecule has 0 amide bonds. The third-order valence-electron chi connectivity index (χ3n) is 6.39. The second-order valence-corrected chi connectivity index (χ2v) is 10.2. The minimum Gasteiger partial charge on any atom is -0.487 e. The van der Waals surface area contributed by atoms with Gasteiger partial charge in [-0.1, -0.05) is 32.1 Å². The number of sulfonamides is 1. The molecule has 0 spiro atoms. The van der Waals surface area contributed by atoms with Gasteiger partial charge in [0.2, 0.25) is 5.75 Å². The summed E-state index contributed by atoms with van der Waals surface area (Å²) in [6.07, 6.45) is 2.30. The van der Waals surface area contributed by atoms with Gasteiger partial charge in [-0.15, -0.1) is 0 Å². The van der Waals surface area contributed by atoms with Gasteiger partial charge in [0, 0.05) is 24.6 Å². The largest absolute Gasteiger partial charge is 0.511 e. The van der Waals surface area contributed by atoms with Gasteiger partial charge >= 0.3 is 6.16 Å². The van der Waals surface area contributed by atoms with Crippen molar-refractivity contribution in [3.8, 4) is 11.5 Å². The first-order valence-corrected chi connectivity index (χ1v) is 13.2. The maximum absolute atomic E-state index is 14.0. The van der Waals surface area contributed by atoms with Gasteiger partial charge in [0.25, 0.3) is 10.0 Å². The maximum Gasteiger partial charge on any atom is 0.511 e. The van der Waals surface area contributed by atoms with Gasteiger partial charge in [-0.05, 0) is 49.3 Å². The number of halogens is 1. The van der Waals surface area contributed by atoms with Crippen molar-refractivity contribution in [3.63, 3.8) is 0 Å². The minimum absolute atomic E-state index is 0.00445. The van der Waals surface area contributed by atoms with Crippen molar-refractivity contribution >= 4 is 27.9 Å². The zero-order valence-electron chi connectivity index (χ0n) is 20.1. The van der Waals surface area contributed by atoms with Crippen LogP contribution in [0.2, 0.25) is 0 Å². The van der Waals surface area contributed by atoms with Crippen molar-refractivity contribution in [2.45, 2.75) is 37.2 Å². The number of benzene rings is 2. The first-order chi connectivity index (χ1) is 17.2. The highest BCUT2D eigenvalue weighted by molar-refractivity contribution is 7.92. The van der Waals surface area contributed by atoms with Crippen LogP contribution in [0.15, 0.2) is 41.3 Å². The maximum atomic E-state index is 14.0. The van der Waals surface area contributed by atoms with Gasteiger partial charge in [0.05, 0.1) is 16.7 Å². The quantitative estimate of drug-likeness (QED) is 0.372. The highest BCUT2D eigenvalue weighted by Crippen LogP contribution is 2.48. The van der Waals surface area contributed by atoms with Crippen LogP contribution >= 0.6 is 0 Å². The van der Waals surface area contributed by atoms with E-state index >= 15 is 0 Å². The zero-order chi connectivity index (χ0) is 25.9. The van der Waals surface area contributed by atoms with Crippen molar-refractivity contribution in [1.29, 1.82) is 0 Å². The van der Waals surface area contributed by atoms with Crippen molar-refractivity contribution < 1.29 is 36.9 Å². The van der Waals surface area contributed by atoms with Crippen LogP contribution in [0.5, 0.6) is 11.5 Å². The highest BCUT2D eigenvalue weighted by Gasteiger charge is 2.38. The Morgan fingerprint density at radius 2 is 2.06 bits per heavy atom. The summed E-state index contributed by atoms with van der Waals surface area (Å²) in [5, 5.41) is 9.32. The summed E-state index contributed by atoms with van der Waals surface area (Å²) in [5.41, 5.74) is 0.760. The standard InChI is InChI=1S/C25H29FN2O7S/c1-3-28(4-2)12-5-6-16-14-17(26)7-10-22(16)36(31,32)27-20-9-8-19-18-11-13-33-21(18)15-34-23(19)24(20)35-25(29)30/h5-10,14,18,21,27H,3-4,11-13,15H2,1-2H3,(H,29,30)/b6-5-/t18-,21+/m1/s1. The van der Waals surface area contributed by atoms with Crippen LogP contribution in [0.1, 0.15) is 37.3 Å². The number of rotatable bonds is 9. The molecule has 36 heavy (non-hydrogen) atoms. The van der Waals surface area contributed by atoms with Crippen molar-refractivity contribution in [2.75, 3.05) is 37.6 Å². The molecular weight excluding hydrogens is 491 g/mol. The Bertz CT molecular complexity index is 1260. The van der Waals surface area contributed by atoms with Crippen LogP contribution in [-0.4, -0.2) is 63.5 Å². The van der Waals surface area contributed by atoms with Gasteiger partial charge in [0.15, 0.2) is 5.75 Å². The lowest BCUT2D eigenvalue weighted by Gasteiger charge is -2.29. The highest BCUT2D eigenvalue weighted by atomic mass is 32.2. The normalized spacial score (nSPS) is 19.1. The molecule has 0 aliphatic carbocycles. The summed E-state index contributed by atoms with van der Waals surface area (Å²) in [6.45, 7) is 6.98. The molecule has 11 heteroatoms. The number of fused-ring (bicyclic) bond motifs is 3. The van der Waals surface area contributed by atoms with Gasteiger partial charge in [-0.3, -0.25) is 4.72 Å². The van der Waals surface area contributed by atoms with Crippen molar-refractivity contribution in [3.05, 3.63) is 53.4 Å². The smallest absolute Gasteiger partial charge is 0.487 e. The molecular formula is C25H29FN2O7S. The fourth-order valence-corrected chi connectivity index (χ4v) is 5.77. The Balaban J connectivity index is 1.69. The number of nitrogens with zero attached hydrogens (tertiary/aromatic N) is 1. The topological polar surface area (TPSA) is 114 Å². The molecule has 2 aromatic rings. The Morgan fingerprint density at radius 3 is 2.78 bits per heavy atom. The average molecular weight is 521 g/mol. The third-order valence-corrected chi connectivity index (χ3v) is 7.83. The second kappa shape index (κ2) is 10.9. The molecule has 2 aromatic carbocycles. The fraction of sp³-hybridized carbons (Fsp3) is 0.400. The van der Waals surface area contributed by atoms with E-state index in [1.54, 1.807) is 18.2 Å². The molecule has 2 heterocycles. The molecule has 2 aliphatic heterocycles. The lowest BCUT2D eigenvalue weighted by molar-refractivity contribution is 0.0489. The molecule has 0 saturated carbocycles. The Hall–Kier alpha value is -3.15. The zero-order valence-corrected chi connectivity index (χ0v) is 20.9. The number of carbonyl (C=O) groups is 1. The van der Waals surface area contributed by atoms with Gasteiger partial charge in [-0.2, -0.15) is 0 Å². The number of ether oxygens (including phenoxy) is 3. The predicted molar refractivity (Wildman–Crippen MR) is 132 cm³/mol. The van der Waals surface area contributed by atoms with Crippen LogP contribution in [0.25, 0.3) is 6.08 Å². The number of hydrogen-bond donors (Lipinski definition) is 2. The number of hydrogen-bond acceptors (Lipinski definition) is 7. The van der Waals surface area contributed by atoms with E-state index in [2.05, 4.69) is 9.62 Å². The summed E-state index contributed by atoms with van der Waals surface area (Å²) in [6, 6.07) is 6.49. The van der Waals surface area contributed by atoms with E-state index in [1.165, 1.54) is 12.1 Å². The Kier molecular flexibility index (Phi) is 7.82. The number of nitrogens with one attached hydrogen (secondary N) is 1. The third kappa shape index (κ3) is 5.48. The van der Waals surface area contributed by atoms with Crippen molar-refractivity contribution in [1.82, 2.24) is 4.90 Å². The molecule has 1 saturated heterocycles. The molecule has 0 aromatic heterocycles. The lowest BCUT2D eigenvalue weighted by Crippen LogP contribution is -2.29. The molecule has 0 unspecified atom stereocenters. The first-order valence-electron chi connectivity index (χ1n) is 11.8. The predicted octanol–water partition coefficient (Wildman–Crippen LogP) is 4.30. The fourth-order valence-electron chi connectivity index (χ4n) is 4.53. The Morgan fingerprint density at radius 1 is 1.28 bits per heavy atom. The van der Waals surface area contributed by atoms with Gasteiger partial charge < -0.3 is 24.2 Å². The molecule has 2 N–H and O–H groups in total. The van der Waals surface area contributed by atoms with Gasteiger partial charge in [-0.25, -0.2) is 17.6 Å². The van der Waals surface area contributed by atoms with E-state index in [0.29, 0.717) is 18.7 Å². The molecule has 1 fully saturated rings. The molecule has 4 rings (SSSR count). The van der Waals surface area contributed by atoms with Crippen LogP contribution < -0.4 is 14.2 Å². The van der Waals surface area contributed by atoms with Crippen LogP contribution in [-0.2, 0) is 14.8 Å². The van der Waals surface area contributed by atoms with E-state index in [-0.39, 0.29) is 46.3 Å². The van der Waals surface area contributed by atoms with E-state index in [4.69, 9.17) is 14.2 Å². The molecule has 2 aliphatic rings. The SMILES string of the molecule is CCN(CC)C/C=C\c1cc(F)ccc1S(=O)(=O)Nc1ccc2c(c1OC(=O)O)OC[C@@H]1OCC[C@H]21. The summed E-state index contributed by atoms with van der Waals surface area (Å²) in [5.74, 6) is -0.658. The minimum atomic E-state index is -4.26. The van der Waals surface area contributed by atoms with Crippen LogP contribution in [0, 0.1) is 5.82 Å². The van der Waals surface area contributed by atoms with Gasteiger partial charge in [0.1, 0.15) is 12.4 Å². The molecule has 2 atom stereocenters. The number of likely N-dealkylation sites (N-methyl/N-ethyl adjacent to an activating group) is 1. The van der Waals surface area contributed by atoms with Crippen LogP contribution in [0.3, 0.4) is 0 Å². The summed E-state index contributed by atoms with van der Waals surface area (Å²) in [4.78, 5) is 13.4. The molecule has 194 valence electrons. The molecule has 9 nitrogen and oxygen atoms in total. The summed E-state index contributed by atoms with van der Waals surface area (Å²) in [7, 11) is -4.26. The first kappa shape index (κ1) is 25.9.